The van der Waals surface area contributed by atoms with Crippen molar-refractivity contribution in [2.24, 2.45) is 29.4 Å². The molecule has 0 radical (unpaired) electrons. The number of aromatic hydroxyl groups is 2. The Morgan fingerprint density at radius 2 is 1.83 bits per heavy atom. The highest BCUT2D eigenvalue weighted by Gasteiger charge is 2.69. The number of phenols is 2. The predicted octanol–water partition coefficient (Wildman–Crippen LogP) is 0.837. The first-order valence-electron chi connectivity index (χ1n) is 13.5. The van der Waals surface area contributed by atoms with Gasteiger partial charge in [0.05, 0.1) is 24.6 Å². The molecule has 2 aromatic rings. The van der Waals surface area contributed by atoms with E-state index in [1.807, 2.05) is 0 Å². The normalized spacial score (nSPS) is 28.9. The molecule has 11 heteroatoms. The highest BCUT2D eigenvalue weighted by atomic mass is 16.5. The number of hydrogen-bond acceptors (Lipinski definition) is 10. The number of carbonyl (C=O) groups is 5. The lowest BCUT2D eigenvalue weighted by molar-refractivity contribution is -0.181. The minimum atomic E-state index is -2.76. The zero-order valence-electron chi connectivity index (χ0n) is 23.4. The second kappa shape index (κ2) is 10.5. The summed E-state index contributed by atoms with van der Waals surface area (Å²) in [6.07, 6.45) is 4.00. The molecular weight excluding hydrogens is 544 g/mol. The molecule has 0 bridgehead atoms. The van der Waals surface area contributed by atoms with Crippen molar-refractivity contribution in [3.63, 3.8) is 0 Å². The molecule has 220 valence electrons. The highest BCUT2D eigenvalue weighted by Crippen LogP contribution is 2.51. The largest absolute Gasteiger partial charge is 0.507 e. The fourth-order valence-corrected chi connectivity index (χ4v) is 6.99. The van der Waals surface area contributed by atoms with E-state index in [2.05, 4.69) is 0 Å². The van der Waals surface area contributed by atoms with Crippen molar-refractivity contribution in [1.82, 2.24) is 4.90 Å². The van der Waals surface area contributed by atoms with Gasteiger partial charge >= 0.3 is 0 Å². The fraction of sp³-hybridized carbons (Fsp3) is 0.387. The number of nitrogens with zero attached hydrogens (tertiary/aromatic N) is 1. The van der Waals surface area contributed by atoms with Gasteiger partial charge in [0.2, 0.25) is 5.91 Å². The number of ketones is 4. The molecule has 42 heavy (non-hydrogen) atoms. The van der Waals surface area contributed by atoms with Crippen molar-refractivity contribution in [2.45, 2.75) is 30.9 Å². The van der Waals surface area contributed by atoms with Crippen LogP contribution in [0.2, 0.25) is 0 Å². The Hall–Kier alpha value is -4.35. The van der Waals surface area contributed by atoms with Gasteiger partial charge in [-0.05, 0) is 62.5 Å². The molecule has 2 saturated carbocycles. The van der Waals surface area contributed by atoms with Gasteiger partial charge < -0.3 is 25.8 Å². The fourth-order valence-electron chi connectivity index (χ4n) is 6.99. The molecule has 1 amide bonds. The number of para-hydroxylation sites is 1. The third-order valence-electron chi connectivity index (χ3n) is 8.92. The Kier molecular flexibility index (Phi) is 7.28. The molecule has 11 nitrogen and oxygen atoms in total. The lowest BCUT2D eigenvalue weighted by Crippen LogP contribution is -2.74. The number of primary amides is 1. The number of aliphatic hydroxyl groups is 1. The molecule has 2 aromatic carbocycles. The van der Waals surface area contributed by atoms with Crippen molar-refractivity contribution >= 4 is 35.1 Å². The zero-order valence-corrected chi connectivity index (χ0v) is 23.4. The number of hydrogen-bond donors (Lipinski definition) is 4. The van der Waals surface area contributed by atoms with E-state index in [0.717, 1.165) is 0 Å². The van der Waals surface area contributed by atoms with E-state index in [1.54, 1.807) is 36.4 Å². The highest BCUT2D eigenvalue weighted by molar-refractivity contribution is 6.32. The molecular formula is C31H32N2O9. The summed E-state index contributed by atoms with van der Waals surface area (Å²) in [6, 6.07) is 6.94. The number of rotatable bonds is 6. The molecule has 0 spiro atoms. The van der Waals surface area contributed by atoms with Gasteiger partial charge in [-0.1, -0.05) is 30.4 Å². The van der Waals surface area contributed by atoms with E-state index >= 15 is 0 Å². The Morgan fingerprint density at radius 1 is 1.12 bits per heavy atom. The Balaban J connectivity index is 1.53. The van der Waals surface area contributed by atoms with Crippen molar-refractivity contribution < 1.29 is 44.0 Å². The van der Waals surface area contributed by atoms with E-state index < -0.39 is 64.4 Å². The smallest absolute Gasteiger partial charge is 0.235 e. The first-order valence-corrected chi connectivity index (χ1v) is 13.5. The summed E-state index contributed by atoms with van der Waals surface area (Å²) in [7, 11) is 4.53. The topological polar surface area (TPSA) is 185 Å². The van der Waals surface area contributed by atoms with Crippen LogP contribution in [0.4, 0.5) is 0 Å². The third-order valence-corrected chi connectivity index (χ3v) is 8.92. The second-order valence-corrected chi connectivity index (χ2v) is 11.4. The van der Waals surface area contributed by atoms with Gasteiger partial charge in [0, 0.05) is 11.5 Å². The van der Waals surface area contributed by atoms with E-state index in [-0.39, 0.29) is 29.9 Å². The Labute approximate surface area is 241 Å². The number of amides is 1. The van der Waals surface area contributed by atoms with Crippen LogP contribution in [0.25, 0.3) is 6.08 Å². The summed E-state index contributed by atoms with van der Waals surface area (Å²) in [5.41, 5.74) is 4.23. The first kappa shape index (κ1) is 29.2. The van der Waals surface area contributed by atoms with Gasteiger partial charge in [-0.3, -0.25) is 28.9 Å². The molecule has 2 fully saturated rings. The van der Waals surface area contributed by atoms with Gasteiger partial charge in [-0.2, -0.15) is 0 Å². The second-order valence-electron chi connectivity index (χ2n) is 11.4. The van der Waals surface area contributed by atoms with Gasteiger partial charge in [0.25, 0.3) is 0 Å². The number of methoxy groups -OCH3 is 1. The van der Waals surface area contributed by atoms with E-state index in [0.29, 0.717) is 28.9 Å². The number of fused-ring (bicyclic) bond motifs is 3. The van der Waals surface area contributed by atoms with Crippen LogP contribution in [0.3, 0.4) is 0 Å². The maximum Gasteiger partial charge on any atom is 0.235 e. The summed E-state index contributed by atoms with van der Waals surface area (Å²) < 4.78 is 5.15. The Bertz CT molecular complexity index is 1560. The molecule has 0 heterocycles. The molecule has 3 aliphatic carbocycles. The maximum absolute atomic E-state index is 13.9. The van der Waals surface area contributed by atoms with Crippen LogP contribution >= 0.6 is 0 Å². The summed E-state index contributed by atoms with van der Waals surface area (Å²) in [5, 5.41) is 32.7. The number of nitrogens with two attached hydrogens (primary N) is 1. The minimum absolute atomic E-state index is 0.00852. The molecule has 0 aliphatic heterocycles. The van der Waals surface area contributed by atoms with Crippen molar-refractivity contribution in [3.8, 4) is 17.2 Å². The summed E-state index contributed by atoms with van der Waals surface area (Å²) >= 11 is 0. The van der Waals surface area contributed by atoms with Crippen LogP contribution in [0.1, 0.15) is 33.5 Å². The van der Waals surface area contributed by atoms with Crippen LogP contribution in [-0.4, -0.2) is 82.1 Å². The summed E-state index contributed by atoms with van der Waals surface area (Å²) in [5.74, 6) is -10.5. The molecule has 5 N–H and O–H groups in total. The van der Waals surface area contributed by atoms with Crippen LogP contribution in [-0.2, 0) is 32.0 Å². The van der Waals surface area contributed by atoms with Crippen molar-refractivity contribution in [1.29, 1.82) is 0 Å². The number of carbonyl (C=O) groups excluding carboxylic acids is 5. The number of phenolic OH excluding ortho intramolecular Hbond substituents is 2. The monoisotopic (exact) mass is 576 g/mol. The lowest BCUT2D eigenvalue weighted by atomic mass is 9.52. The average Bonchev–Trinajstić information content (AvgIpc) is 2.92. The van der Waals surface area contributed by atoms with Gasteiger partial charge in [0.15, 0.2) is 46.2 Å². The molecule has 5 rings (SSSR count). The van der Waals surface area contributed by atoms with E-state index in [4.69, 9.17) is 10.5 Å². The lowest BCUT2D eigenvalue weighted by Gasteiger charge is -2.52. The molecule has 6 atom stereocenters. The number of Topliss-reactive ketones (excluding diaryl/α,β-unsaturated/α-hetero) is 4. The van der Waals surface area contributed by atoms with E-state index in [1.165, 1.54) is 32.2 Å². The van der Waals surface area contributed by atoms with Crippen LogP contribution in [0.15, 0.2) is 36.4 Å². The van der Waals surface area contributed by atoms with Crippen LogP contribution in [0, 0.1) is 23.7 Å². The van der Waals surface area contributed by atoms with Crippen LogP contribution < -0.4 is 10.5 Å². The molecule has 0 saturated heterocycles. The Morgan fingerprint density at radius 3 is 2.48 bits per heavy atom. The van der Waals surface area contributed by atoms with Crippen molar-refractivity contribution in [2.75, 3.05) is 21.2 Å². The number of ether oxygens (including phenoxy) is 1. The third kappa shape index (κ3) is 4.23. The van der Waals surface area contributed by atoms with Gasteiger partial charge in [-0.15, -0.1) is 0 Å². The quantitative estimate of drug-likeness (QED) is 0.359. The summed E-state index contributed by atoms with van der Waals surface area (Å²) in [4.78, 5) is 67.8. The zero-order chi connectivity index (χ0) is 30.7. The number of benzene rings is 2. The van der Waals surface area contributed by atoms with Crippen molar-refractivity contribution in [3.05, 3.63) is 58.7 Å². The SMILES string of the molecule is COc1cccc(CC=Cc2ccc(O)c3c2C[C@H]2C[C@H]4[C@H](N(C)C)C(=O)C(C(N)=O)C(=O)[C@@]4(O)C(=O)C2C3=O)c1O. The number of allylic oxidation sites excluding steroid dienone is 1. The van der Waals surface area contributed by atoms with Crippen LogP contribution in [0.5, 0.6) is 17.2 Å². The average molecular weight is 577 g/mol. The molecule has 3 aliphatic rings. The van der Waals surface area contributed by atoms with Gasteiger partial charge in [-0.25, -0.2) is 0 Å². The maximum atomic E-state index is 13.9. The minimum Gasteiger partial charge on any atom is -0.507 e. The number of likely N-dealkylation sites (N-methyl/N-ethyl adjacent to an activating group) is 1. The standard InChI is InChI=1S/C31H32N2O9/c1-33(2)24-18-13-16-12-17-14(6-4-7-15-8-5-9-20(42-3)25(15)35)10-11-19(34)22(17)26(36)21(16)28(38)31(18,41)29(39)23(27(24)37)30(32)40/h4-6,8-11,16,18,21,23-24,34-35,41H,7,12-13H2,1-3H3,(H2,32,40)/t16-,18-,21?,23?,24-,31-/m0/s1. The molecule has 2 unspecified atom stereocenters. The summed E-state index contributed by atoms with van der Waals surface area (Å²) in [6.45, 7) is 0. The van der Waals surface area contributed by atoms with Gasteiger partial charge in [0.1, 0.15) is 5.75 Å². The molecule has 0 aromatic heterocycles. The van der Waals surface area contributed by atoms with E-state index in [9.17, 15) is 39.3 Å². The first-order chi connectivity index (χ1) is 19.8. The predicted molar refractivity (Wildman–Crippen MR) is 149 cm³/mol.